The van der Waals surface area contributed by atoms with Gasteiger partial charge in [0.25, 0.3) is 0 Å². The molecule has 434 valence electrons. The van der Waals surface area contributed by atoms with Crippen molar-refractivity contribution in [3.05, 3.63) is 95.5 Å². The lowest BCUT2D eigenvalue weighted by Gasteiger charge is -2.43. The highest BCUT2D eigenvalue weighted by Gasteiger charge is 2.45. The van der Waals surface area contributed by atoms with Gasteiger partial charge in [0.1, 0.15) is 29.6 Å². The number of aromatic nitrogens is 5. The molecular formula is C61H76N12O8S. The Bertz CT molecular complexity index is 3210. The summed E-state index contributed by atoms with van der Waals surface area (Å²) in [5.74, 6) is 1.56. The predicted octanol–water partition coefficient (Wildman–Crippen LogP) is 7.70. The number of anilines is 4. The van der Waals surface area contributed by atoms with Gasteiger partial charge in [-0.2, -0.15) is 0 Å². The van der Waals surface area contributed by atoms with E-state index in [0.717, 1.165) is 119 Å². The molecule has 20 nitrogen and oxygen atoms in total. The molecule has 2 bridgehead atoms. The fourth-order valence-corrected chi connectivity index (χ4v) is 14.3. The second-order valence-electron chi connectivity index (χ2n) is 23.9. The van der Waals surface area contributed by atoms with Crippen molar-refractivity contribution in [2.75, 3.05) is 72.8 Å². The van der Waals surface area contributed by atoms with Gasteiger partial charge >= 0.3 is 0 Å². The number of carbonyl (C=O) groups excluding carboxylic acids is 2. The largest absolute Gasteiger partial charge is 0.507 e. The van der Waals surface area contributed by atoms with Gasteiger partial charge in [0, 0.05) is 119 Å². The van der Waals surface area contributed by atoms with Gasteiger partial charge in [-0.15, -0.1) is 21.5 Å². The van der Waals surface area contributed by atoms with Crippen molar-refractivity contribution < 1.29 is 38.9 Å². The minimum atomic E-state index is -0.867. The molecule has 12 rings (SSSR count). The highest BCUT2D eigenvalue weighted by Crippen LogP contribution is 2.42. The van der Waals surface area contributed by atoms with Gasteiger partial charge in [0.05, 0.1) is 51.8 Å². The minimum Gasteiger partial charge on any atom is -0.507 e. The van der Waals surface area contributed by atoms with E-state index in [4.69, 9.17) is 19.7 Å². The van der Waals surface area contributed by atoms with Crippen LogP contribution in [0.3, 0.4) is 0 Å². The summed E-state index contributed by atoms with van der Waals surface area (Å²) in [6.07, 6.45) is 9.65. The number of carbonyl (C=O) groups is 2. The third-order valence-electron chi connectivity index (χ3n) is 18.0. The number of phenolic OH excluding ortho intramolecular Hbond substituents is 2. The molecule has 6 atom stereocenters. The summed E-state index contributed by atoms with van der Waals surface area (Å²) in [5.41, 5.74) is 13.6. The van der Waals surface area contributed by atoms with E-state index in [1.165, 1.54) is 16.2 Å². The minimum absolute atomic E-state index is 0.0436. The Kier molecular flexibility index (Phi) is 16.0. The average molecular weight is 1140 g/mol. The first-order chi connectivity index (χ1) is 39.7. The summed E-state index contributed by atoms with van der Waals surface area (Å²) in [5, 5.41) is 48.3. The summed E-state index contributed by atoms with van der Waals surface area (Å²) < 4.78 is 19.0. The van der Waals surface area contributed by atoms with E-state index in [-0.39, 0.29) is 60.5 Å². The van der Waals surface area contributed by atoms with Crippen molar-refractivity contribution >= 4 is 46.2 Å². The van der Waals surface area contributed by atoms with Crippen LogP contribution in [0, 0.1) is 18.8 Å². The number of nitrogens with zero attached hydrogens (tertiary/aromatic N) is 10. The van der Waals surface area contributed by atoms with Crippen molar-refractivity contribution in [1.29, 1.82) is 0 Å². The Morgan fingerprint density at radius 2 is 1.59 bits per heavy atom. The number of phenols is 2. The van der Waals surface area contributed by atoms with E-state index in [0.29, 0.717) is 63.7 Å². The molecule has 0 spiro atoms. The van der Waals surface area contributed by atoms with E-state index in [2.05, 4.69) is 62.4 Å². The summed E-state index contributed by atoms with van der Waals surface area (Å²) >= 11 is 1.45. The molecule has 6 aromatic rings. The number of aromatic hydroxyl groups is 2. The topological polar surface area (TPSA) is 245 Å². The van der Waals surface area contributed by atoms with Crippen LogP contribution in [0.5, 0.6) is 17.4 Å². The number of likely N-dealkylation sites (tertiary alicyclic amines) is 2. The second-order valence-corrected chi connectivity index (χ2v) is 24.8. The fraction of sp³-hybridized carbons (Fsp3) is 0.525. The summed E-state index contributed by atoms with van der Waals surface area (Å²) in [4.78, 5) is 49.3. The number of fused-ring (bicyclic) bond motifs is 2. The molecule has 1 unspecified atom stereocenters. The number of hydrogen-bond donors (Lipinski definition) is 5. The lowest BCUT2D eigenvalue weighted by Crippen LogP contribution is -2.54. The zero-order valence-electron chi connectivity index (χ0n) is 47.2. The summed E-state index contributed by atoms with van der Waals surface area (Å²) in [6.45, 7) is 14.1. The molecule has 6 fully saturated rings. The number of nitrogens with one attached hydrogen (secondary N) is 1. The number of pyridine rings is 1. The van der Waals surface area contributed by atoms with E-state index < -0.39 is 24.1 Å². The fourth-order valence-electron chi connectivity index (χ4n) is 13.5. The number of nitrogen functional groups attached to an aromatic ring is 1. The van der Waals surface area contributed by atoms with Crippen LogP contribution in [0.15, 0.2) is 83.0 Å². The normalized spacial score (nSPS) is 24.2. The van der Waals surface area contributed by atoms with E-state index in [9.17, 15) is 24.9 Å². The van der Waals surface area contributed by atoms with Gasteiger partial charge in [-0.05, 0) is 106 Å². The quantitative estimate of drug-likeness (QED) is 0.0587. The summed E-state index contributed by atoms with van der Waals surface area (Å²) in [7, 11) is 0. The van der Waals surface area contributed by atoms with Crippen molar-refractivity contribution in [2.45, 2.75) is 140 Å². The van der Waals surface area contributed by atoms with Crippen molar-refractivity contribution in [1.82, 2.24) is 40.4 Å². The number of aliphatic hydroxyl groups excluding tert-OH is 1. The number of aryl methyl sites for hydroxylation is 1. The Morgan fingerprint density at radius 1 is 0.817 bits per heavy atom. The van der Waals surface area contributed by atoms with Crippen LogP contribution >= 0.6 is 11.3 Å². The van der Waals surface area contributed by atoms with Gasteiger partial charge in [0.15, 0.2) is 17.4 Å². The maximum atomic E-state index is 14.4. The number of nitrogens with two attached hydrogens (primary N) is 1. The smallest absolute Gasteiger partial charge is 0.243 e. The molecule has 1 saturated carbocycles. The molecule has 5 saturated heterocycles. The first-order valence-electron chi connectivity index (χ1n) is 29.4. The Labute approximate surface area is 482 Å². The molecule has 21 heteroatoms. The van der Waals surface area contributed by atoms with Gasteiger partial charge in [-0.25, -0.2) is 9.97 Å². The van der Waals surface area contributed by atoms with Crippen molar-refractivity contribution in [2.24, 2.45) is 11.8 Å². The Balaban J connectivity index is 0.566. The lowest BCUT2D eigenvalue weighted by atomic mass is 9.91. The summed E-state index contributed by atoms with van der Waals surface area (Å²) in [6, 6.07) is 19.8. The Hall–Kier alpha value is -7.07. The molecule has 2 aromatic carbocycles. The molecule has 1 aliphatic carbocycles. The highest BCUT2D eigenvalue weighted by molar-refractivity contribution is 7.13. The average Bonchev–Trinajstić information content (AvgIpc) is 4.29. The molecule has 0 radical (unpaired) electrons. The number of benzene rings is 2. The number of aliphatic hydroxyl groups is 1. The maximum Gasteiger partial charge on any atom is 0.243 e. The highest BCUT2D eigenvalue weighted by atomic mass is 32.1. The molecule has 5 aliphatic heterocycles. The number of ether oxygens (including phenoxy) is 2. The molecule has 4 aromatic heterocycles. The zero-order valence-corrected chi connectivity index (χ0v) is 48.0. The standard InChI is InChI=1S/C61H76N12O8S/c1-35(2)57(61(78)72-33-43(74)25-51(72)60(77)65-36(3)39-9-12-48(53(76)23-39)58-37(4)64-34-82-58)54-29-55(68-81-54)70-21-14-38(15-22-70)30-69-19-16-44(17-20-69)79-45-26-46(27-45)80-56-24-40(13-18-63-56)73-41-10-11-42(73)32-71(31-41)50-28-49(66-67-59(50)62)47-7-5-6-8-52(47)75/h5-9,12-13,18,23-24,28-29,34-36,38,41-46,51,57,74-76H,10-11,14-17,19-22,25-27,30-33H2,1-4H3,(H2,62,67)(H,65,77)/t36-,41+,42?,43+,45?,46?,51-,57+/m0/s1. The third kappa shape index (κ3) is 11.7. The van der Waals surface area contributed by atoms with E-state index in [1.807, 2.05) is 70.3 Å². The van der Waals surface area contributed by atoms with Crippen LogP contribution < -0.4 is 30.5 Å². The molecule has 6 N–H and O–H groups in total. The number of hydrogen-bond acceptors (Lipinski definition) is 19. The van der Waals surface area contributed by atoms with Crippen LogP contribution in [0.4, 0.5) is 23.0 Å². The number of para-hydroxylation sites is 1. The van der Waals surface area contributed by atoms with Crippen LogP contribution in [0.25, 0.3) is 21.7 Å². The van der Waals surface area contributed by atoms with Gasteiger partial charge in [0.2, 0.25) is 17.7 Å². The lowest BCUT2D eigenvalue weighted by molar-refractivity contribution is -0.141. The maximum absolute atomic E-state index is 14.4. The molecule has 6 aliphatic rings. The predicted molar refractivity (Wildman–Crippen MR) is 313 cm³/mol. The zero-order chi connectivity index (χ0) is 56.8. The second kappa shape index (κ2) is 23.7. The SMILES string of the molecule is Cc1ncsc1-c1ccc([C@H](C)NC(=O)[C@@H]2C[C@@H](O)CN2C(=O)[C@@H](c2cc(N3CCC(CN4CCC(OC5CC(Oc6cc(N7C8CC[C@@H]7CN(c7cc(-c9ccccc9O)nnc7N)C8)ccn6)C5)CC4)CC3)no2)C(C)C)cc1O. The van der Waals surface area contributed by atoms with Crippen LogP contribution in [0.1, 0.15) is 108 Å². The number of piperidine rings is 2. The van der Waals surface area contributed by atoms with E-state index >= 15 is 0 Å². The first kappa shape index (κ1) is 55.5. The van der Waals surface area contributed by atoms with E-state index in [1.54, 1.807) is 23.7 Å². The number of β-amino-alcohol motifs (C(OH)–C–C–N with tert-alkyl or cyclic N) is 1. The first-order valence-corrected chi connectivity index (χ1v) is 30.3. The molecular weight excluding hydrogens is 1060 g/mol. The van der Waals surface area contributed by atoms with Gasteiger partial charge < -0.3 is 64.9 Å². The molecule has 82 heavy (non-hydrogen) atoms. The van der Waals surface area contributed by atoms with Crippen molar-refractivity contribution in [3.8, 4) is 39.1 Å². The number of piperazine rings is 1. The van der Waals surface area contributed by atoms with Gasteiger partial charge in [-0.3, -0.25) is 9.59 Å². The van der Waals surface area contributed by atoms with Crippen LogP contribution in [0.2, 0.25) is 0 Å². The van der Waals surface area contributed by atoms with Crippen molar-refractivity contribution in [3.63, 3.8) is 0 Å². The number of rotatable bonds is 17. The van der Waals surface area contributed by atoms with Gasteiger partial charge in [-0.1, -0.05) is 37.2 Å². The monoisotopic (exact) mass is 1140 g/mol. The molecule has 9 heterocycles. The number of amides is 2. The third-order valence-corrected chi connectivity index (χ3v) is 19.0. The Morgan fingerprint density at radius 3 is 2.30 bits per heavy atom. The van der Waals surface area contributed by atoms with Crippen LogP contribution in [-0.4, -0.2) is 157 Å². The molecule has 2 amide bonds. The van der Waals surface area contributed by atoms with Crippen LogP contribution in [-0.2, 0) is 14.3 Å². The number of thiazole rings is 1.